The van der Waals surface area contributed by atoms with E-state index in [0.29, 0.717) is 36.6 Å². The predicted octanol–water partition coefficient (Wildman–Crippen LogP) is 7.04. The Morgan fingerprint density at radius 2 is 1.45 bits per heavy atom. The summed E-state index contributed by atoms with van der Waals surface area (Å²) >= 11 is 2.80. The molecule has 6 N–H and O–H groups in total. The van der Waals surface area contributed by atoms with E-state index < -0.39 is 51.3 Å². The molecule has 0 unspecified atom stereocenters. The number of nitrogens with zero attached hydrogens (tertiary/aromatic N) is 4. The van der Waals surface area contributed by atoms with Crippen LogP contribution in [0.3, 0.4) is 0 Å². The molecule has 0 aliphatic carbocycles. The number of amides is 6. The van der Waals surface area contributed by atoms with E-state index in [9.17, 15) is 42.3 Å². The lowest BCUT2D eigenvalue weighted by Crippen LogP contribution is -2.57. The Hall–Kier alpha value is -7.07. The molecule has 3 aromatic heterocycles. The van der Waals surface area contributed by atoms with Crippen molar-refractivity contribution < 1.29 is 42.3 Å². The fourth-order valence-electron chi connectivity index (χ4n) is 8.73. The van der Waals surface area contributed by atoms with Gasteiger partial charge in [-0.1, -0.05) is 101 Å². The number of aromatic nitrogens is 3. The van der Waals surface area contributed by atoms with E-state index in [-0.39, 0.29) is 55.8 Å². The Labute approximate surface area is 451 Å². The molecule has 21 heteroatoms. The van der Waals surface area contributed by atoms with Crippen molar-refractivity contribution in [1.82, 2.24) is 40.1 Å². The summed E-state index contributed by atoms with van der Waals surface area (Å²) in [6.07, 6.45) is 7.03. The second-order valence-electron chi connectivity index (χ2n) is 20.0. The maximum atomic E-state index is 14.0. The minimum absolute atomic E-state index is 0.00117. The maximum absolute atomic E-state index is 14.0. The Bertz CT molecular complexity index is 3140. The van der Waals surface area contributed by atoms with E-state index in [2.05, 4.69) is 36.6 Å². The van der Waals surface area contributed by atoms with Crippen LogP contribution in [-0.2, 0) is 47.1 Å². The summed E-state index contributed by atoms with van der Waals surface area (Å²) in [6, 6.07) is 23.1. The van der Waals surface area contributed by atoms with E-state index >= 15 is 0 Å². The lowest BCUT2D eigenvalue weighted by molar-refractivity contribution is -0.144. The fraction of sp³-hybridized carbons (Fsp3) is 0.382. The van der Waals surface area contributed by atoms with Gasteiger partial charge >= 0.3 is 0 Å². The van der Waals surface area contributed by atoms with Gasteiger partial charge in [0.2, 0.25) is 39.6 Å². The van der Waals surface area contributed by atoms with Gasteiger partial charge in [-0.2, -0.15) is 0 Å². The normalized spacial score (nSPS) is 14.9. The highest BCUT2D eigenvalue weighted by atomic mass is 32.2. The molecule has 6 aromatic rings. The molecule has 3 aromatic carbocycles. The zero-order valence-corrected chi connectivity index (χ0v) is 45.7. The first-order valence-electron chi connectivity index (χ1n) is 25.2. The molecule has 1 aliphatic heterocycles. The minimum Gasteiger partial charge on any atom is -0.391 e. The van der Waals surface area contributed by atoms with Gasteiger partial charge in [-0.3, -0.25) is 32.7 Å². The van der Waals surface area contributed by atoms with Crippen LogP contribution < -0.4 is 26.6 Å². The van der Waals surface area contributed by atoms with Crippen LogP contribution in [-0.4, -0.2) is 105 Å². The molecule has 1 saturated heterocycles. The molecule has 4 heterocycles. The van der Waals surface area contributed by atoms with Crippen molar-refractivity contribution in [2.75, 3.05) is 24.7 Å². The van der Waals surface area contributed by atoms with Crippen LogP contribution in [0.2, 0.25) is 0 Å². The van der Waals surface area contributed by atoms with Crippen molar-refractivity contribution in [3.8, 4) is 32.8 Å². The second-order valence-corrected chi connectivity index (χ2v) is 23.6. The monoisotopic (exact) mass is 1090 g/mol. The number of unbranched alkanes of at least 4 members (excludes halogenated alkanes) is 4. The van der Waals surface area contributed by atoms with Crippen LogP contribution in [0.4, 0.5) is 5.13 Å². The lowest BCUT2D eigenvalue weighted by atomic mass is 9.85. The number of aryl methyl sites for hydroxylation is 1. The third kappa shape index (κ3) is 15.7. The number of anilines is 1. The number of carbonyl (C=O) groups excluding carboxylic acids is 6. The summed E-state index contributed by atoms with van der Waals surface area (Å²) in [5.41, 5.74) is 8.45. The van der Waals surface area contributed by atoms with Crippen LogP contribution >= 0.6 is 22.7 Å². The SMILES string of the molecule is Cc1ncsc1-c1ccc(CNC(=O)[C@@H]2C[C@@H](O)CN2C(=O)[C@@H](NC(=O)CCCCCCCC(=O)NCc2cccc(-c3cccc(-c4csc(NC(=O)CNC(=O)c5ccn(S(C)(=O)=O)c5)n4)c3)c2)C(C)(C)C)cc1. The number of hydrogen-bond donors (Lipinski definition) is 6. The first-order valence-corrected chi connectivity index (χ1v) is 28.8. The third-order valence-electron chi connectivity index (χ3n) is 12.9. The highest BCUT2D eigenvalue weighted by Crippen LogP contribution is 2.31. The van der Waals surface area contributed by atoms with Gasteiger partial charge in [0, 0.05) is 62.2 Å². The zero-order valence-electron chi connectivity index (χ0n) is 43.3. The lowest BCUT2D eigenvalue weighted by Gasteiger charge is -2.35. The average Bonchev–Trinajstić information content (AvgIpc) is 4.24. The molecule has 0 spiro atoms. The zero-order chi connectivity index (χ0) is 54.6. The molecule has 0 bridgehead atoms. The molecule has 1 aliphatic rings. The molecule has 1 fully saturated rings. The van der Waals surface area contributed by atoms with Gasteiger partial charge in [-0.25, -0.2) is 18.4 Å². The van der Waals surface area contributed by atoms with Crippen LogP contribution in [0, 0.1) is 12.3 Å². The van der Waals surface area contributed by atoms with Gasteiger partial charge in [0.15, 0.2) is 5.13 Å². The Kier molecular flexibility index (Phi) is 19.1. The molecular formula is C55H65N9O9S3. The van der Waals surface area contributed by atoms with Crippen LogP contribution in [0.5, 0.6) is 0 Å². The van der Waals surface area contributed by atoms with E-state index in [0.717, 1.165) is 73.4 Å². The number of carbonyl (C=O) groups is 6. The van der Waals surface area contributed by atoms with E-state index in [1.807, 2.05) is 111 Å². The summed E-state index contributed by atoms with van der Waals surface area (Å²) < 4.78 is 24.3. The number of aliphatic hydroxyl groups excluding tert-OH is 1. The molecule has 402 valence electrons. The van der Waals surface area contributed by atoms with Crippen LogP contribution in [0.15, 0.2) is 102 Å². The van der Waals surface area contributed by atoms with Crippen LogP contribution in [0.25, 0.3) is 32.8 Å². The molecular weight excluding hydrogens is 1030 g/mol. The van der Waals surface area contributed by atoms with Crippen molar-refractivity contribution in [1.29, 1.82) is 0 Å². The number of aliphatic hydroxyl groups is 1. The van der Waals surface area contributed by atoms with Crippen molar-refractivity contribution >= 4 is 73.3 Å². The molecule has 0 saturated carbocycles. The summed E-state index contributed by atoms with van der Waals surface area (Å²) in [5.74, 6) is -2.16. The molecule has 6 amide bonds. The third-order valence-corrected chi connectivity index (χ3v) is 15.6. The van der Waals surface area contributed by atoms with Crippen molar-refractivity contribution in [3.05, 3.63) is 125 Å². The van der Waals surface area contributed by atoms with Gasteiger partial charge in [-0.05, 0) is 71.2 Å². The Morgan fingerprint density at radius 1 is 0.776 bits per heavy atom. The Morgan fingerprint density at radius 3 is 2.13 bits per heavy atom. The van der Waals surface area contributed by atoms with Gasteiger partial charge in [0.05, 0.1) is 46.2 Å². The van der Waals surface area contributed by atoms with E-state index in [1.165, 1.54) is 34.7 Å². The van der Waals surface area contributed by atoms with E-state index in [4.69, 9.17) is 0 Å². The molecule has 3 atom stereocenters. The van der Waals surface area contributed by atoms with Gasteiger partial charge in [0.25, 0.3) is 5.91 Å². The maximum Gasteiger partial charge on any atom is 0.253 e. The number of hydrogen-bond acceptors (Lipinski definition) is 13. The van der Waals surface area contributed by atoms with Gasteiger partial charge in [-0.15, -0.1) is 22.7 Å². The largest absolute Gasteiger partial charge is 0.391 e. The topological polar surface area (TPSA) is 251 Å². The van der Waals surface area contributed by atoms with Crippen molar-refractivity contribution in [3.63, 3.8) is 0 Å². The quantitative estimate of drug-likeness (QED) is 0.0355. The first-order chi connectivity index (χ1) is 36.2. The number of β-amino-alcohol motifs (C(OH)–C–C–N with tert-alkyl or cyclic N) is 1. The molecule has 7 rings (SSSR count). The summed E-state index contributed by atoms with van der Waals surface area (Å²) in [5, 5.41) is 26.8. The summed E-state index contributed by atoms with van der Waals surface area (Å²) in [7, 11) is -3.54. The molecule has 0 radical (unpaired) electrons. The standard InChI is InChI=1S/C55H65N9O9S3/c1-35-49(75-34-59-35)38-21-19-36(20-22-38)28-57-52(70)45-27-43(65)32-64(45)53(71)50(55(2,3)4)61-47(67)18-10-8-6-7-9-17-46(66)56-29-37-13-11-14-39(25-37)40-15-12-16-41(26-40)44-33-74-54(60-44)62-48(68)30-58-51(69)42-23-24-63(31-42)76(5,72)73/h11-16,19-26,31,33-34,43,45,50,65H,6-10,17-18,27-30,32H2,1-5H3,(H,56,66)(H,57,70)(H,58,69)(H,61,67)(H,60,62,68)/t43-,45+,50-/m1/s1. The second kappa shape index (κ2) is 25.6. The number of rotatable bonds is 23. The average molecular weight is 1090 g/mol. The predicted molar refractivity (Wildman–Crippen MR) is 294 cm³/mol. The number of nitrogens with one attached hydrogen (secondary N) is 5. The summed E-state index contributed by atoms with van der Waals surface area (Å²) in [4.78, 5) is 90.0. The fourth-order valence-corrected chi connectivity index (χ4v) is 10.9. The van der Waals surface area contributed by atoms with Gasteiger partial charge < -0.3 is 36.6 Å². The highest BCUT2D eigenvalue weighted by Gasteiger charge is 2.44. The minimum atomic E-state index is -3.54. The summed E-state index contributed by atoms with van der Waals surface area (Å²) in [6.45, 7) is 7.83. The highest BCUT2D eigenvalue weighted by molar-refractivity contribution is 7.89. The number of thiazole rings is 2. The van der Waals surface area contributed by atoms with E-state index in [1.54, 1.807) is 11.3 Å². The molecule has 18 nitrogen and oxygen atoms in total. The molecule has 76 heavy (non-hydrogen) atoms. The number of benzene rings is 3. The van der Waals surface area contributed by atoms with Crippen molar-refractivity contribution in [2.45, 2.75) is 110 Å². The first kappa shape index (κ1) is 56.7. The van der Waals surface area contributed by atoms with Crippen molar-refractivity contribution in [2.24, 2.45) is 5.41 Å². The number of likely N-dealkylation sites (tertiary alicyclic amines) is 1. The Balaban J connectivity index is 0.787. The smallest absolute Gasteiger partial charge is 0.253 e. The van der Waals surface area contributed by atoms with Gasteiger partial charge in [0.1, 0.15) is 12.1 Å². The van der Waals surface area contributed by atoms with Crippen LogP contribution in [0.1, 0.15) is 99.3 Å².